The smallest absolute Gasteiger partial charge is 0.160 e. The highest BCUT2D eigenvalue weighted by Crippen LogP contribution is 2.30. The van der Waals surface area contributed by atoms with E-state index in [1.165, 1.54) is 28.2 Å². The van der Waals surface area contributed by atoms with Gasteiger partial charge in [-0.3, -0.25) is 4.79 Å². The first kappa shape index (κ1) is 11.9. The van der Waals surface area contributed by atoms with E-state index in [-0.39, 0.29) is 0 Å². The zero-order chi connectivity index (χ0) is 12.4. The van der Waals surface area contributed by atoms with Crippen molar-refractivity contribution in [1.82, 2.24) is 0 Å². The molecule has 1 aromatic heterocycles. The Morgan fingerprint density at radius 3 is 2.59 bits per heavy atom. The van der Waals surface area contributed by atoms with Gasteiger partial charge >= 0.3 is 0 Å². The highest BCUT2D eigenvalue weighted by molar-refractivity contribution is 7.12. The van der Waals surface area contributed by atoms with Crippen molar-refractivity contribution < 1.29 is 4.79 Å². The van der Waals surface area contributed by atoms with Crippen molar-refractivity contribution in [3.63, 3.8) is 0 Å². The van der Waals surface area contributed by atoms with Gasteiger partial charge in [-0.05, 0) is 31.5 Å². The molecule has 0 unspecified atom stereocenters. The minimum absolute atomic E-state index is 0.761. The summed E-state index contributed by atoms with van der Waals surface area (Å²) < 4.78 is 0. The highest BCUT2D eigenvalue weighted by atomic mass is 32.1. The number of hydrogen-bond donors (Lipinski definition) is 0. The largest absolute Gasteiger partial charge is 0.344 e. The van der Waals surface area contributed by atoms with E-state index in [9.17, 15) is 4.79 Å². The van der Waals surface area contributed by atoms with Gasteiger partial charge in [0.25, 0.3) is 0 Å². The maximum atomic E-state index is 10.7. The van der Waals surface area contributed by atoms with E-state index < -0.39 is 0 Å². The van der Waals surface area contributed by atoms with E-state index in [0.717, 1.165) is 16.9 Å². The fourth-order valence-corrected chi connectivity index (χ4v) is 2.63. The molecule has 0 amide bonds. The summed E-state index contributed by atoms with van der Waals surface area (Å²) in [6, 6.07) is 8.30. The topological polar surface area (TPSA) is 20.3 Å². The Labute approximate surface area is 106 Å². The summed E-state index contributed by atoms with van der Waals surface area (Å²) in [6.45, 7) is 4.19. The fourth-order valence-electron chi connectivity index (χ4n) is 1.90. The van der Waals surface area contributed by atoms with Crippen LogP contribution in [0.3, 0.4) is 0 Å². The molecule has 0 aliphatic rings. The quantitative estimate of drug-likeness (QED) is 0.763. The van der Waals surface area contributed by atoms with Crippen LogP contribution in [0.1, 0.15) is 20.8 Å². The van der Waals surface area contributed by atoms with Gasteiger partial charge in [0, 0.05) is 18.1 Å². The van der Waals surface area contributed by atoms with E-state index in [0.29, 0.717) is 0 Å². The molecule has 0 radical (unpaired) electrons. The van der Waals surface area contributed by atoms with Crippen LogP contribution in [0.5, 0.6) is 0 Å². The zero-order valence-corrected chi connectivity index (χ0v) is 11.0. The van der Waals surface area contributed by atoms with Crippen molar-refractivity contribution in [3.8, 4) is 0 Å². The molecule has 1 heterocycles. The SMILES string of the molecule is Cc1ccc(N(C)c2csc(C=O)c2)c(C)c1. The molecular weight excluding hydrogens is 230 g/mol. The van der Waals surface area contributed by atoms with Crippen LogP contribution in [-0.4, -0.2) is 13.3 Å². The lowest BCUT2D eigenvalue weighted by Crippen LogP contribution is -2.09. The maximum Gasteiger partial charge on any atom is 0.160 e. The summed E-state index contributed by atoms with van der Waals surface area (Å²) in [5, 5.41) is 2.00. The molecule has 0 N–H and O–H groups in total. The normalized spacial score (nSPS) is 10.3. The molecular formula is C14H15NOS. The molecule has 0 fully saturated rings. The second kappa shape index (κ2) is 4.72. The summed E-state index contributed by atoms with van der Waals surface area (Å²) in [6.07, 6.45) is 0.893. The van der Waals surface area contributed by atoms with Crippen molar-refractivity contribution in [2.24, 2.45) is 0 Å². The second-order valence-corrected chi connectivity index (χ2v) is 5.12. The monoisotopic (exact) mass is 245 g/mol. The third-order valence-electron chi connectivity index (χ3n) is 2.82. The molecule has 0 saturated carbocycles. The van der Waals surface area contributed by atoms with Gasteiger partial charge < -0.3 is 4.90 Å². The molecule has 17 heavy (non-hydrogen) atoms. The van der Waals surface area contributed by atoms with Gasteiger partial charge in [-0.1, -0.05) is 17.7 Å². The lowest BCUT2D eigenvalue weighted by Gasteiger charge is -2.20. The Morgan fingerprint density at radius 1 is 1.24 bits per heavy atom. The van der Waals surface area contributed by atoms with Crippen LogP contribution in [0.4, 0.5) is 11.4 Å². The molecule has 2 aromatic rings. The zero-order valence-electron chi connectivity index (χ0n) is 10.2. The summed E-state index contributed by atoms with van der Waals surface area (Å²) in [4.78, 5) is 13.6. The first-order valence-corrected chi connectivity index (χ1v) is 6.34. The van der Waals surface area contributed by atoms with Gasteiger partial charge in [-0.25, -0.2) is 0 Å². The minimum atomic E-state index is 0.761. The van der Waals surface area contributed by atoms with Gasteiger partial charge in [0.2, 0.25) is 0 Å². The Kier molecular flexibility index (Phi) is 3.29. The predicted octanol–water partition coefficient (Wildman–Crippen LogP) is 3.95. The van der Waals surface area contributed by atoms with Crippen LogP contribution in [0.2, 0.25) is 0 Å². The summed E-state index contributed by atoms with van der Waals surface area (Å²) >= 11 is 1.47. The van der Waals surface area contributed by atoms with Crippen molar-refractivity contribution in [2.45, 2.75) is 13.8 Å². The average Bonchev–Trinajstić information content (AvgIpc) is 2.76. The average molecular weight is 245 g/mol. The van der Waals surface area contributed by atoms with Crippen LogP contribution < -0.4 is 4.90 Å². The number of thiophene rings is 1. The molecule has 0 spiro atoms. The predicted molar refractivity (Wildman–Crippen MR) is 73.7 cm³/mol. The van der Waals surface area contributed by atoms with Gasteiger partial charge in [0.15, 0.2) is 6.29 Å². The van der Waals surface area contributed by atoms with E-state index >= 15 is 0 Å². The summed E-state index contributed by atoms with van der Waals surface area (Å²) in [5.74, 6) is 0. The van der Waals surface area contributed by atoms with Crippen LogP contribution in [0.15, 0.2) is 29.6 Å². The molecule has 1 aromatic carbocycles. The Morgan fingerprint density at radius 2 is 2.00 bits per heavy atom. The standard InChI is InChI=1S/C14H15NOS/c1-10-4-5-14(11(2)6-10)15(3)12-7-13(8-16)17-9-12/h4-9H,1-3H3. The van der Waals surface area contributed by atoms with Crippen molar-refractivity contribution in [2.75, 3.05) is 11.9 Å². The van der Waals surface area contributed by atoms with Crippen molar-refractivity contribution >= 4 is 29.0 Å². The summed E-state index contributed by atoms with van der Waals surface area (Å²) in [5.41, 5.74) is 4.74. The second-order valence-electron chi connectivity index (χ2n) is 4.17. The van der Waals surface area contributed by atoms with Crippen molar-refractivity contribution in [1.29, 1.82) is 0 Å². The van der Waals surface area contributed by atoms with E-state index in [2.05, 4.69) is 36.9 Å². The van der Waals surface area contributed by atoms with Gasteiger partial charge in [-0.2, -0.15) is 0 Å². The molecule has 0 bridgehead atoms. The fraction of sp³-hybridized carbons (Fsp3) is 0.214. The van der Waals surface area contributed by atoms with E-state index in [1.54, 1.807) is 0 Å². The number of hydrogen-bond acceptors (Lipinski definition) is 3. The molecule has 0 aliphatic heterocycles. The first-order chi connectivity index (χ1) is 8.11. The number of rotatable bonds is 3. The minimum Gasteiger partial charge on any atom is -0.344 e. The number of carbonyl (C=O) groups is 1. The maximum absolute atomic E-state index is 10.7. The number of carbonyl (C=O) groups excluding carboxylic acids is 1. The third-order valence-corrected chi connectivity index (χ3v) is 3.67. The van der Waals surface area contributed by atoms with Crippen molar-refractivity contribution in [3.05, 3.63) is 45.6 Å². The molecule has 0 atom stereocenters. The number of aryl methyl sites for hydroxylation is 2. The summed E-state index contributed by atoms with van der Waals surface area (Å²) in [7, 11) is 2.02. The van der Waals surface area contributed by atoms with E-state index in [4.69, 9.17) is 0 Å². The van der Waals surface area contributed by atoms with Crippen LogP contribution >= 0.6 is 11.3 Å². The molecule has 2 rings (SSSR count). The molecule has 3 heteroatoms. The number of aldehydes is 1. The molecule has 0 saturated heterocycles. The highest BCUT2D eigenvalue weighted by Gasteiger charge is 2.08. The van der Waals surface area contributed by atoms with Crippen LogP contribution in [-0.2, 0) is 0 Å². The van der Waals surface area contributed by atoms with Gasteiger partial charge in [0.05, 0.1) is 10.6 Å². The lowest BCUT2D eigenvalue weighted by molar-refractivity contribution is 0.112. The Hall–Kier alpha value is -1.61. The molecule has 88 valence electrons. The van der Waals surface area contributed by atoms with Crippen LogP contribution in [0, 0.1) is 13.8 Å². The number of nitrogens with zero attached hydrogens (tertiary/aromatic N) is 1. The molecule has 2 nitrogen and oxygen atoms in total. The Bertz CT molecular complexity index is 545. The third kappa shape index (κ3) is 2.39. The number of benzene rings is 1. The number of anilines is 2. The Balaban J connectivity index is 2.36. The van der Waals surface area contributed by atoms with Gasteiger partial charge in [-0.15, -0.1) is 11.3 Å². The van der Waals surface area contributed by atoms with Crippen LogP contribution in [0.25, 0.3) is 0 Å². The van der Waals surface area contributed by atoms with E-state index in [1.807, 2.05) is 18.5 Å². The first-order valence-electron chi connectivity index (χ1n) is 5.46. The van der Waals surface area contributed by atoms with Gasteiger partial charge in [0.1, 0.15) is 0 Å². The molecule has 0 aliphatic carbocycles. The lowest BCUT2D eigenvalue weighted by atomic mass is 10.1.